The monoisotopic (exact) mass is 275 g/mol. The number of amides is 1. The molecular weight excluding hydrogens is 266 g/mol. The quantitative estimate of drug-likeness (QED) is 0.853. The average Bonchev–Trinajstić information content (AvgIpc) is 2.63. The van der Waals surface area contributed by atoms with Gasteiger partial charge in [0.05, 0.1) is 11.7 Å². The van der Waals surface area contributed by atoms with Gasteiger partial charge < -0.3 is 5.32 Å². The second-order valence-electron chi connectivity index (χ2n) is 3.50. The molecule has 0 unspecified atom stereocenters. The number of alkyl halides is 1. The molecule has 1 saturated carbocycles. The van der Waals surface area contributed by atoms with Crippen molar-refractivity contribution in [3.05, 3.63) is 11.1 Å². The van der Waals surface area contributed by atoms with E-state index in [1.165, 1.54) is 12.6 Å². The molecule has 0 aromatic carbocycles. The fraction of sp³-hybridized carbons (Fsp3) is 0.625. The van der Waals surface area contributed by atoms with E-state index in [0.29, 0.717) is 4.88 Å². The minimum absolute atomic E-state index is 0.0267. The van der Waals surface area contributed by atoms with Gasteiger partial charge in [0.2, 0.25) is 0 Å². The van der Waals surface area contributed by atoms with E-state index in [9.17, 15) is 4.79 Å². The van der Waals surface area contributed by atoms with E-state index in [4.69, 9.17) is 0 Å². The standard InChI is InChI=1S/C8H10BrN3OS/c9-5-8(2-1-3-8)11-7(13)6-4-10-12-14-6/h4H,1-3,5H2,(H,11,13). The van der Waals surface area contributed by atoms with Crippen LogP contribution in [0.15, 0.2) is 6.20 Å². The highest BCUT2D eigenvalue weighted by molar-refractivity contribution is 9.09. The summed E-state index contributed by atoms with van der Waals surface area (Å²) in [7, 11) is 0. The van der Waals surface area contributed by atoms with E-state index in [1.54, 1.807) is 0 Å². The van der Waals surface area contributed by atoms with Gasteiger partial charge in [0.25, 0.3) is 5.91 Å². The first-order chi connectivity index (χ1) is 6.76. The lowest BCUT2D eigenvalue weighted by Crippen LogP contribution is -2.54. The molecule has 2 rings (SSSR count). The number of nitrogens with zero attached hydrogens (tertiary/aromatic N) is 2. The fourth-order valence-electron chi connectivity index (χ4n) is 1.47. The van der Waals surface area contributed by atoms with E-state index in [1.807, 2.05) is 0 Å². The van der Waals surface area contributed by atoms with Crippen molar-refractivity contribution in [2.24, 2.45) is 0 Å². The fourth-order valence-corrected chi connectivity index (χ4v) is 2.58. The Kier molecular flexibility index (Phi) is 2.83. The van der Waals surface area contributed by atoms with Crippen LogP contribution >= 0.6 is 27.5 Å². The number of nitrogens with one attached hydrogen (secondary N) is 1. The van der Waals surface area contributed by atoms with E-state index in [0.717, 1.165) is 29.7 Å². The minimum atomic E-state index is -0.0563. The summed E-state index contributed by atoms with van der Waals surface area (Å²) in [6.07, 6.45) is 4.79. The molecule has 1 aromatic heterocycles. The molecule has 14 heavy (non-hydrogen) atoms. The highest BCUT2D eigenvalue weighted by atomic mass is 79.9. The first kappa shape index (κ1) is 10.0. The van der Waals surface area contributed by atoms with Gasteiger partial charge >= 0.3 is 0 Å². The number of hydrogen-bond donors (Lipinski definition) is 1. The molecule has 0 aliphatic heterocycles. The summed E-state index contributed by atoms with van der Waals surface area (Å²) in [4.78, 5) is 12.3. The van der Waals surface area contributed by atoms with Crippen molar-refractivity contribution >= 4 is 33.4 Å². The predicted octanol–water partition coefficient (Wildman–Crippen LogP) is 1.59. The summed E-state index contributed by atoms with van der Waals surface area (Å²) < 4.78 is 3.66. The van der Waals surface area contributed by atoms with Crippen molar-refractivity contribution in [2.75, 3.05) is 5.33 Å². The smallest absolute Gasteiger partial charge is 0.265 e. The molecule has 76 valence electrons. The van der Waals surface area contributed by atoms with Crippen LogP contribution in [0.2, 0.25) is 0 Å². The van der Waals surface area contributed by atoms with Gasteiger partial charge in [-0.1, -0.05) is 20.4 Å². The Hall–Kier alpha value is -0.490. The first-order valence-electron chi connectivity index (χ1n) is 4.42. The predicted molar refractivity (Wildman–Crippen MR) is 57.8 cm³/mol. The van der Waals surface area contributed by atoms with E-state index in [2.05, 4.69) is 30.8 Å². The van der Waals surface area contributed by atoms with Crippen LogP contribution in [0.4, 0.5) is 0 Å². The lowest BCUT2D eigenvalue weighted by Gasteiger charge is -2.40. The summed E-state index contributed by atoms with van der Waals surface area (Å²) in [5.74, 6) is -0.0563. The van der Waals surface area contributed by atoms with Crippen molar-refractivity contribution in [3.8, 4) is 0 Å². The molecule has 0 radical (unpaired) electrons. The number of rotatable bonds is 3. The maximum Gasteiger partial charge on any atom is 0.265 e. The van der Waals surface area contributed by atoms with E-state index in [-0.39, 0.29) is 11.4 Å². The maximum atomic E-state index is 11.7. The van der Waals surface area contributed by atoms with Crippen LogP contribution < -0.4 is 5.32 Å². The Morgan fingerprint density at radius 3 is 2.93 bits per heavy atom. The Balaban J connectivity index is 2.01. The molecule has 1 aromatic rings. The van der Waals surface area contributed by atoms with Gasteiger partial charge in [-0.3, -0.25) is 4.79 Å². The zero-order valence-electron chi connectivity index (χ0n) is 7.49. The van der Waals surface area contributed by atoms with Crippen molar-refractivity contribution in [2.45, 2.75) is 24.8 Å². The van der Waals surface area contributed by atoms with Gasteiger partial charge in [0.1, 0.15) is 4.88 Å². The second-order valence-corrected chi connectivity index (χ2v) is 4.85. The van der Waals surface area contributed by atoms with Crippen molar-refractivity contribution < 1.29 is 4.79 Å². The van der Waals surface area contributed by atoms with Crippen molar-refractivity contribution in [1.82, 2.24) is 14.9 Å². The molecular formula is C8H10BrN3OS. The summed E-state index contributed by atoms with van der Waals surface area (Å²) in [6, 6.07) is 0. The number of carbonyl (C=O) groups is 1. The zero-order chi connectivity index (χ0) is 10.0. The third kappa shape index (κ3) is 1.81. The van der Waals surface area contributed by atoms with Crippen LogP contribution in [0.5, 0.6) is 0 Å². The lowest BCUT2D eigenvalue weighted by molar-refractivity contribution is 0.0860. The van der Waals surface area contributed by atoms with Gasteiger partial charge in [0.15, 0.2) is 0 Å². The Morgan fingerprint density at radius 2 is 2.50 bits per heavy atom. The summed E-state index contributed by atoms with van der Waals surface area (Å²) >= 11 is 4.56. The highest BCUT2D eigenvalue weighted by Gasteiger charge is 2.37. The molecule has 1 heterocycles. The molecule has 1 N–H and O–H groups in total. The van der Waals surface area contributed by atoms with Crippen molar-refractivity contribution in [1.29, 1.82) is 0 Å². The maximum absolute atomic E-state index is 11.7. The average molecular weight is 276 g/mol. The van der Waals surface area contributed by atoms with Crippen LogP contribution in [0.25, 0.3) is 0 Å². The first-order valence-corrected chi connectivity index (χ1v) is 6.31. The van der Waals surface area contributed by atoms with E-state index >= 15 is 0 Å². The Labute approximate surface area is 94.4 Å². The largest absolute Gasteiger partial charge is 0.345 e. The van der Waals surface area contributed by atoms with E-state index < -0.39 is 0 Å². The van der Waals surface area contributed by atoms with Crippen LogP contribution in [0.3, 0.4) is 0 Å². The van der Waals surface area contributed by atoms with Crippen LogP contribution in [0.1, 0.15) is 28.9 Å². The van der Waals surface area contributed by atoms with Gasteiger partial charge in [0, 0.05) is 5.33 Å². The number of hydrogen-bond acceptors (Lipinski definition) is 4. The molecule has 0 bridgehead atoms. The molecule has 6 heteroatoms. The van der Waals surface area contributed by atoms with Gasteiger partial charge in [-0.2, -0.15) is 0 Å². The number of carbonyl (C=O) groups excluding carboxylic acids is 1. The highest BCUT2D eigenvalue weighted by Crippen LogP contribution is 2.33. The normalized spacial score (nSPS) is 18.6. The molecule has 1 aliphatic rings. The second kappa shape index (κ2) is 3.94. The summed E-state index contributed by atoms with van der Waals surface area (Å²) in [6.45, 7) is 0. The Morgan fingerprint density at radius 1 is 1.71 bits per heavy atom. The van der Waals surface area contributed by atoms with Gasteiger partial charge in [-0.15, -0.1) is 5.10 Å². The topological polar surface area (TPSA) is 54.9 Å². The lowest BCUT2D eigenvalue weighted by atomic mass is 9.78. The third-order valence-corrected chi connectivity index (χ3v) is 4.27. The minimum Gasteiger partial charge on any atom is -0.345 e. The molecule has 4 nitrogen and oxygen atoms in total. The summed E-state index contributed by atoms with van der Waals surface area (Å²) in [5.41, 5.74) is -0.0267. The molecule has 0 spiro atoms. The van der Waals surface area contributed by atoms with Gasteiger partial charge in [-0.25, -0.2) is 0 Å². The van der Waals surface area contributed by atoms with Crippen molar-refractivity contribution in [3.63, 3.8) is 0 Å². The Bertz CT molecular complexity index is 318. The van der Waals surface area contributed by atoms with Crippen LogP contribution in [-0.2, 0) is 0 Å². The summed E-state index contributed by atoms with van der Waals surface area (Å²) in [5, 5.41) is 7.48. The van der Waals surface area contributed by atoms with Gasteiger partial charge in [-0.05, 0) is 30.8 Å². The molecule has 1 amide bonds. The number of aromatic nitrogens is 2. The molecule has 0 atom stereocenters. The molecule has 0 saturated heterocycles. The SMILES string of the molecule is O=C(NC1(CBr)CCC1)c1cnns1. The number of halogens is 1. The molecule has 1 fully saturated rings. The van der Waals surface area contributed by atoms with Crippen LogP contribution in [0, 0.1) is 0 Å². The molecule has 1 aliphatic carbocycles. The third-order valence-electron chi connectivity index (χ3n) is 2.53. The van der Waals surface area contributed by atoms with Crippen LogP contribution in [-0.4, -0.2) is 26.4 Å². The zero-order valence-corrected chi connectivity index (χ0v) is 9.90.